The average Bonchev–Trinajstić information content (AvgIpc) is 2.94. The van der Waals surface area contributed by atoms with Gasteiger partial charge in [0.15, 0.2) is 0 Å². The van der Waals surface area contributed by atoms with E-state index in [9.17, 15) is 0 Å². The molecular weight excluding hydrogens is 212 g/mol. The third-order valence-electron chi connectivity index (χ3n) is 3.82. The molecule has 1 fully saturated rings. The maximum Gasteiger partial charge on any atom is 0.107 e. The van der Waals surface area contributed by atoms with Crippen LogP contribution in [0.25, 0.3) is 0 Å². The first kappa shape index (κ1) is 15.0. The normalized spacial score (nSPS) is 29.1. The number of aliphatic hydroxyl groups is 1. The van der Waals surface area contributed by atoms with Crippen LogP contribution in [0.4, 0.5) is 0 Å². The van der Waals surface area contributed by atoms with Gasteiger partial charge >= 0.3 is 0 Å². The van der Waals surface area contributed by atoms with Crippen LogP contribution in [0.2, 0.25) is 0 Å². The Balaban J connectivity index is 2.18. The van der Waals surface area contributed by atoms with Crippen molar-refractivity contribution in [3.05, 3.63) is 0 Å². The van der Waals surface area contributed by atoms with Gasteiger partial charge in [0, 0.05) is 0 Å². The Morgan fingerprint density at radius 1 is 0.941 bits per heavy atom. The molecule has 0 aliphatic carbocycles. The molecule has 0 aromatic rings. The first-order valence-electron chi connectivity index (χ1n) is 7.20. The van der Waals surface area contributed by atoms with Gasteiger partial charge in [-0.15, -0.1) is 0 Å². The zero-order valence-electron chi connectivity index (χ0n) is 12.1. The molecule has 0 spiro atoms. The van der Waals surface area contributed by atoms with Gasteiger partial charge in [-0.2, -0.15) is 0 Å². The lowest BCUT2D eigenvalue weighted by atomic mass is 9.85. The molecule has 0 bridgehead atoms. The van der Waals surface area contributed by atoms with E-state index in [1.165, 1.54) is 19.3 Å². The third-order valence-corrected chi connectivity index (χ3v) is 3.82. The Hall–Kier alpha value is -0.0800. The van der Waals surface area contributed by atoms with Crippen molar-refractivity contribution in [1.29, 1.82) is 0 Å². The van der Waals surface area contributed by atoms with Crippen LogP contribution in [-0.2, 0) is 4.74 Å². The summed E-state index contributed by atoms with van der Waals surface area (Å²) < 4.78 is 5.45. The van der Waals surface area contributed by atoms with E-state index in [2.05, 4.69) is 34.6 Å². The van der Waals surface area contributed by atoms with Crippen LogP contribution in [-0.4, -0.2) is 23.9 Å². The number of epoxide rings is 1. The Labute approximate surface area is 107 Å². The van der Waals surface area contributed by atoms with Gasteiger partial charge in [0.05, 0.1) is 12.7 Å². The van der Waals surface area contributed by atoms with Crippen LogP contribution < -0.4 is 0 Å². The minimum Gasteiger partial charge on any atom is -0.394 e. The second-order valence-electron chi connectivity index (χ2n) is 6.61. The van der Waals surface area contributed by atoms with Crippen molar-refractivity contribution < 1.29 is 9.84 Å². The predicted molar refractivity (Wildman–Crippen MR) is 71.9 cm³/mol. The average molecular weight is 242 g/mol. The molecule has 5 atom stereocenters. The summed E-state index contributed by atoms with van der Waals surface area (Å²) in [6.07, 6.45) is 4.33. The molecule has 0 unspecified atom stereocenters. The highest BCUT2D eigenvalue weighted by Crippen LogP contribution is 2.34. The molecule has 102 valence electrons. The molecule has 17 heavy (non-hydrogen) atoms. The van der Waals surface area contributed by atoms with Gasteiger partial charge in [0.25, 0.3) is 0 Å². The summed E-state index contributed by atoms with van der Waals surface area (Å²) in [5, 5.41) is 8.98. The van der Waals surface area contributed by atoms with E-state index in [0.717, 1.165) is 17.8 Å². The highest BCUT2D eigenvalue weighted by atomic mass is 16.6. The highest BCUT2D eigenvalue weighted by molar-refractivity contribution is 4.88. The fourth-order valence-corrected chi connectivity index (χ4v) is 3.26. The standard InChI is InChI=1S/C15H30O2/c1-10(2)6-11(3)7-12(4)8-13(5)15-14(9-16)17-15/h10-16H,6-9H2,1-5H3/t11-,12-,13-,14-,15-/m1/s1. The van der Waals surface area contributed by atoms with Crippen LogP contribution in [0.1, 0.15) is 53.9 Å². The van der Waals surface area contributed by atoms with Crippen molar-refractivity contribution in [1.82, 2.24) is 0 Å². The minimum absolute atomic E-state index is 0.130. The van der Waals surface area contributed by atoms with Crippen LogP contribution in [0.5, 0.6) is 0 Å². The van der Waals surface area contributed by atoms with E-state index in [-0.39, 0.29) is 12.7 Å². The van der Waals surface area contributed by atoms with Crippen molar-refractivity contribution in [3.63, 3.8) is 0 Å². The molecule has 0 aromatic heterocycles. The lowest BCUT2D eigenvalue weighted by Crippen LogP contribution is -2.15. The predicted octanol–water partition coefficient (Wildman–Crippen LogP) is 3.48. The van der Waals surface area contributed by atoms with E-state index in [0.29, 0.717) is 12.0 Å². The molecule has 1 heterocycles. The molecule has 0 radical (unpaired) electrons. The van der Waals surface area contributed by atoms with E-state index in [4.69, 9.17) is 9.84 Å². The van der Waals surface area contributed by atoms with Crippen LogP contribution in [0.15, 0.2) is 0 Å². The summed E-state index contributed by atoms with van der Waals surface area (Å²) >= 11 is 0. The van der Waals surface area contributed by atoms with Gasteiger partial charge in [-0.1, -0.05) is 34.6 Å². The molecule has 2 nitrogen and oxygen atoms in total. The second kappa shape index (κ2) is 6.75. The Bertz CT molecular complexity index is 215. The summed E-state index contributed by atoms with van der Waals surface area (Å²) in [4.78, 5) is 0. The maximum atomic E-state index is 8.98. The van der Waals surface area contributed by atoms with E-state index < -0.39 is 0 Å². The summed E-state index contributed by atoms with van der Waals surface area (Å²) in [6.45, 7) is 11.8. The van der Waals surface area contributed by atoms with Gasteiger partial charge in [0.2, 0.25) is 0 Å². The fraction of sp³-hybridized carbons (Fsp3) is 1.00. The maximum absolute atomic E-state index is 8.98. The van der Waals surface area contributed by atoms with E-state index in [1.54, 1.807) is 0 Å². The topological polar surface area (TPSA) is 32.8 Å². The van der Waals surface area contributed by atoms with E-state index in [1.807, 2.05) is 0 Å². The lowest BCUT2D eigenvalue weighted by molar-refractivity contribution is 0.235. The molecule has 1 saturated heterocycles. The SMILES string of the molecule is CC(C)C[C@@H](C)C[C@@H](C)C[C@@H](C)[C@H]1O[C@@H]1CO. The first-order valence-corrected chi connectivity index (χ1v) is 7.20. The van der Waals surface area contributed by atoms with E-state index >= 15 is 0 Å². The van der Waals surface area contributed by atoms with Gasteiger partial charge in [-0.05, 0) is 42.9 Å². The van der Waals surface area contributed by atoms with Gasteiger partial charge in [-0.3, -0.25) is 0 Å². The van der Waals surface area contributed by atoms with Crippen molar-refractivity contribution in [2.45, 2.75) is 66.1 Å². The van der Waals surface area contributed by atoms with Crippen molar-refractivity contribution in [2.75, 3.05) is 6.61 Å². The monoisotopic (exact) mass is 242 g/mol. The zero-order valence-corrected chi connectivity index (χ0v) is 12.1. The largest absolute Gasteiger partial charge is 0.394 e. The van der Waals surface area contributed by atoms with Gasteiger partial charge in [-0.25, -0.2) is 0 Å². The molecule has 0 saturated carbocycles. The lowest BCUT2D eigenvalue weighted by Gasteiger charge is -2.21. The second-order valence-corrected chi connectivity index (χ2v) is 6.61. The molecule has 1 rings (SSSR count). The third kappa shape index (κ3) is 5.39. The number of hydrogen-bond acceptors (Lipinski definition) is 2. The zero-order chi connectivity index (χ0) is 13.0. The number of hydrogen-bond donors (Lipinski definition) is 1. The van der Waals surface area contributed by atoms with Crippen LogP contribution >= 0.6 is 0 Å². The number of rotatable bonds is 8. The van der Waals surface area contributed by atoms with Crippen LogP contribution in [0.3, 0.4) is 0 Å². The first-order chi connectivity index (χ1) is 7.93. The molecular formula is C15H30O2. The Morgan fingerprint density at radius 2 is 1.53 bits per heavy atom. The molecule has 1 aliphatic rings. The summed E-state index contributed by atoms with van der Waals surface area (Å²) in [7, 11) is 0. The number of ether oxygens (including phenoxy) is 1. The van der Waals surface area contributed by atoms with Crippen molar-refractivity contribution in [2.24, 2.45) is 23.7 Å². The van der Waals surface area contributed by atoms with Gasteiger partial charge in [0.1, 0.15) is 6.10 Å². The summed E-state index contributed by atoms with van der Waals surface area (Å²) in [5.41, 5.74) is 0. The summed E-state index contributed by atoms with van der Waals surface area (Å²) in [6, 6.07) is 0. The molecule has 1 aliphatic heterocycles. The quantitative estimate of drug-likeness (QED) is 0.661. The van der Waals surface area contributed by atoms with Gasteiger partial charge < -0.3 is 9.84 Å². The molecule has 1 N–H and O–H groups in total. The Kier molecular flexibility index (Phi) is 5.94. The number of aliphatic hydroxyl groups excluding tert-OH is 1. The molecule has 0 amide bonds. The smallest absolute Gasteiger partial charge is 0.107 e. The molecule has 2 heteroatoms. The van der Waals surface area contributed by atoms with Crippen molar-refractivity contribution in [3.8, 4) is 0 Å². The summed E-state index contributed by atoms with van der Waals surface area (Å²) in [5.74, 6) is 2.99. The minimum atomic E-state index is 0.130. The fourth-order valence-electron chi connectivity index (χ4n) is 3.26. The van der Waals surface area contributed by atoms with Crippen LogP contribution in [0, 0.1) is 23.7 Å². The highest BCUT2D eigenvalue weighted by Gasteiger charge is 2.42. The van der Waals surface area contributed by atoms with Crippen molar-refractivity contribution >= 4 is 0 Å². The molecule has 0 aromatic carbocycles. The Morgan fingerprint density at radius 3 is 2.00 bits per heavy atom.